The van der Waals surface area contributed by atoms with Gasteiger partial charge < -0.3 is 9.73 Å². The summed E-state index contributed by atoms with van der Waals surface area (Å²) in [4.78, 5) is 24.1. The summed E-state index contributed by atoms with van der Waals surface area (Å²) >= 11 is 1.20. The van der Waals surface area contributed by atoms with Crippen molar-refractivity contribution in [3.8, 4) is 11.5 Å². The molecule has 0 saturated carbocycles. The first-order chi connectivity index (χ1) is 13.4. The maximum Gasteiger partial charge on any atom is 0.277 e. The summed E-state index contributed by atoms with van der Waals surface area (Å²) < 4.78 is 5.64. The van der Waals surface area contributed by atoms with Crippen molar-refractivity contribution in [2.24, 2.45) is 5.92 Å². The van der Waals surface area contributed by atoms with Crippen molar-refractivity contribution in [2.45, 2.75) is 26.0 Å². The normalized spacial score (nSPS) is 10.9. The number of carbonyl (C=O) groups is 2. The van der Waals surface area contributed by atoms with Gasteiger partial charge in [0.15, 0.2) is 5.78 Å². The molecular formula is C21H21N3O3S. The smallest absolute Gasteiger partial charge is 0.277 e. The van der Waals surface area contributed by atoms with Gasteiger partial charge in [0.1, 0.15) is 0 Å². The fraction of sp³-hybridized carbons (Fsp3) is 0.238. The van der Waals surface area contributed by atoms with Crippen molar-refractivity contribution >= 4 is 29.1 Å². The summed E-state index contributed by atoms with van der Waals surface area (Å²) in [6.45, 7) is 5.65. The standard InChI is InChI=1S/C21H21N3O3S/c1-13(2)19(26)22-17-9-7-15(8-10-17)18(25)12-28-21-24-23-20(27-21)16-6-4-5-14(3)11-16/h4-11,13H,12H2,1-3H3,(H,22,26). The molecule has 0 radical (unpaired) electrons. The highest BCUT2D eigenvalue weighted by Crippen LogP contribution is 2.24. The third-order valence-electron chi connectivity index (χ3n) is 4.00. The first-order valence-electron chi connectivity index (χ1n) is 8.90. The Morgan fingerprint density at radius 2 is 1.86 bits per heavy atom. The minimum atomic E-state index is -0.100. The van der Waals surface area contributed by atoms with E-state index in [4.69, 9.17) is 4.42 Å². The van der Waals surface area contributed by atoms with Gasteiger partial charge in [-0.25, -0.2) is 0 Å². The lowest BCUT2D eigenvalue weighted by molar-refractivity contribution is -0.118. The van der Waals surface area contributed by atoms with Crippen LogP contribution >= 0.6 is 11.8 Å². The van der Waals surface area contributed by atoms with E-state index in [9.17, 15) is 9.59 Å². The zero-order valence-electron chi connectivity index (χ0n) is 15.9. The molecule has 0 unspecified atom stereocenters. The van der Waals surface area contributed by atoms with Crippen LogP contribution in [0.3, 0.4) is 0 Å². The van der Waals surface area contributed by atoms with E-state index in [1.54, 1.807) is 24.3 Å². The minimum Gasteiger partial charge on any atom is -0.411 e. The van der Waals surface area contributed by atoms with Gasteiger partial charge in [-0.1, -0.05) is 43.3 Å². The lowest BCUT2D eigenvalue weighted by atomic mass is 10.1. The van der Waals surface area contributed by atoms with Gasteiger partial charge >= 0.3 is 0 Å². The molecule has 1 amide bonds. The van der Waals surface area contributed by atoms with Crippen LogP contribution in [0.15, 0.2) is 58.2 Å². The molecule has 2 aromatic carbocycles. The molecule has 3 rings (SSSR count). The molecule has 0 spiro atoms. The van der Waals surface area contributed by atoms with Crippen molar-refractivity contribution in [3.63, 3.8) is 0 Å². The van der Waals surface area contributed by atoms with E-state index in [1.165, 1.54) is 11.8 Å². The molecule has 0 aliphatic rings. The van der Waals surface area contributed by atoms with E-state index >= 15 is 0 Å². The molecule has 0 aliphatic heterocycles. The first kappa shape index (κ1) is 19.8. The van der Waals surface area contributed by atoms with Crippen LogP contribution in [-0.2, 0) is 4.79 Å². The Bertz CT molecular complexity index is 981. The Kier molecular flexibility index (Phi) is 6.26. The Morgan fingerprint density at radius 1 is 1.11 bits per heavy atom. The maximum absolute atomic E-state index is 12.4. The van der Waals surface area contributed by atoms with Gasteiger partial charge in [-0.2, -0.15) is 0 Å². The van der Waals surface area contributed by atoms with Crippen LogP contribution in [-0.4, -0.2) is 27.6 Å². The summed E-state index contributed by atoms with van der Waals surface area (Å²) in [6.07, 6.45) is 0. The van der Waals surface area contributed by atoms with Crippen molar-refractivity contribution in [1.82, 2.24) is 10.2 Å². The maximum atomic E-state index is 12.4. The number of aromatic nitrogens is 2. The number of amides is 1. The predicted molar refractivity (Wildman–Crippen MR) is 109 cm³/mol. The summed E-state index contributed by atoms with van der Waals surface area (Å²) in [5, 5.41) is 11.2. The average Bonchev–Trinajstić information content (AvgIpc) is 3.15. The highest BCUT2D eigenvalue weighted by Gasteiger charge is 2.13. The van der Waals surface area contributed by atoms with Crippen molar-refractivity contribution in [2.75, 3.05) is 11.1 Å². The van der Waals surface area contributed by atoms with E-state index in [2.05, 4.69) is 15.5 Å². The number of Topliss-reactive ketones (excluding diaryl/α,β-unsaturated/α-hetero) is 1. The van der Waals surface area contributed by atoms with Crippen molar-refractivity contribution in [3.05, 3.63) is 59.7 Å². The summed E-state index contributed by atoms with van der Waals surface area (Å²) in [6, 6.07) is 14.6. The number of hydrogen-bond acceptors (Lipinski definition) is 6. The van der Waals surface area contributed by atoms with Crippen LogP contribution < -0.4 is 5.32 Å². The number of aryl methyl sites for hydroxylation is 1. The molecule has 28 heavy (non-hydrogen) atoms. The Hall–Kier alpha value is -2.93. The molecule has 7 heteroatoms. The van der Waals surface area contributed by atoms with Crippen LogP contribution in [0.25, 0.3) is 11.5 Å². The topological polar surface area (TPSA) is 85.1 Å². The molecule has 0 aliphatic carbocycles. The third kappa shape index (κ3) is 5.07. The SMILES string of the molecule is Cc1cccc(-c2nnc(SCC(=O)c3ccc(NC(=O)C(C)C)cc3)o2)c1. The molecule has 1 N–H and O–H groups in total. The van der Waals surface area contributed by atoms with E-state index < -0.39 is 0 Å². The number of thioether (sulfide) groups is 1. The molecule has 6 nitrogen and oxygen atoms in total. The molecule has 0 fully saturated rings. The number of ketones is 1. The second kappa shape index (κ2) is 8.84. The zero-order valence-corrected chi connectivity index (χ0v) is 16.7. The lowest BCUT2D eigenvalue weighted by Crippen LogP contribution is -2.17. The molecule has 3 aromatic rings. The molecule has 1 aromatic heterocycles. The number of hydrogen-bond donors (Lipinski definition) is 1. The molecule has 1 heterocycles. The van der Waals surface area contributed by atoms with Gasteiger partial charge in [0, 0.05) is 22.7 Å². The van der Waals surface area contributed by atoms with Gasteiger partial charge in [0.25, 0.3) is 5.22 Å². The largest absolute Gasteiger partial charge is 0.411 e. The molecule has 144 valence electrons. The summed E-state index contributed by atoms with van der Waals surface area (Å²) in [5.41, 5.74) is 3.19. The zero-order chi connectivity index (χ0) is 20.1. The quantitative estimate of drug-likeness (QED) is 0.464. The number of rotatable bonds is 7. The highest BCUT2D eigenvalue weighted by atomic mass is 32.2. The third-order valence-corrected chi connectivity index (χ3v) is 4.82. The number of nitrogens with one attached hydrogen (secondary N) is 1. The minimum absolute atomic E-state index is 0.0537. The van der Waals surface area contributed by atoms with Gasteiger partial charge in [-0.05, 0) is 43.3 Å². The fourth-order valence-corrected chi connectivity index (χ4v) is 3.06. The van der Waals surface area contributed by atoms with Crippen LogP contribution in [0.2, 0.25) is 0 Å². The number of carbonyl (C=O) groups excluding carboxylic acids is 2. The van der Waals surface area contributed by atoms with Gasteiger partial charge in [-0.15, -0.1) is 10.2 Å². The van der Waals surface area contributed by atoms with Gasteiger partial charge in [-0.3, -0.25) is 9.59 Å². The van der Waals surface area contributed by atoms with Crippen LogP contribution in [0.4, 0.5) is 5.69 Å². The lowest BCUT2D eigenvalue weighted by Gasteiger charge is -2.08. The molecule has 0 atom stereocenters. The van der Waals surface area contributed by atoms with Crippen molar-refractivity contribution in [1.29, 1.82) is 0 Å². The van der Waals surface area contributed by atoms with Gasteiger partial charge in [0.2, 0.25) is 11.8 Å². The van der Waals surface area contributed by atoms with E-state index in [1.807, 2.05) is 45.0 Å². The second-order valence-corrected chi connectivity index (χ2v) is 7.60. The van der Waals surface area contributed by atoms with Gasteiger partial charge in [0.05, 0.1) is 5.75 Å². The average molecular weight is 395 g/mol. The Labute approximate surface area is 167 Å². The van der Waals surface area contributed by atoms with Crippen LogP contribution in [0.1, 0.15) is 29.8 Å². The Morgan fingerprint density at radius 3 is 2.54 bits per heavy atom. The summed E-state index contributed by atoms with van der Waals surface area (Å²) in [7, 11) is 0. The van der Waals surface area contributed by atoms with E-state index in [-0.39, 0.29) is 23.4 Å². The number of nitrogens with zero attached hydrogens (tertiary/aromatic N) is 2. The second-order valence-electron chi connectivity index (χ2n) is 6.68. The molecule has 0 bridgehead atoms. The van der Waals surface area contributed by atoms with E-state index in [0.717, 1.165) is 11.1 Å². The van der Waals surface area contributed by atoms with Crippen LogP contribution in [0.5, 0.6) is 0 Å². The van der Waals surface area contributed by atoms with E-state index in [0.29, 0.717) is 22.4 Å². The Balaban J connectivity index is 1.58. The molecule has 0 saturated heterocycles. The van der Waals surface area contributed by atoms with Crippen LogP contribution in [0, 0.1) is 12.8 Å². The summed E-state index contributed by atoms with van der Waals surface area (Å²) in [5.74, 6) is 0.408. The fourth-order valence-electron chi connectivity index (χ4n) is 2.40. The monoisotopic (exact) mass is 395 g/mol. The predicted octanol–water partition coefficient (Wildman–Crippen LogP) is 4.61. The highest BCUT2D eigenvalue weighted by molar-refractivity contribution is 7.99. The first-order valence-corrected chi connectivity index (χ1v) is 9.88. The van der Waals surface area contributed by atoms with Crippen molar-refractivity contribution < 1.29 is 14.0 Å². The molecular weight excluding hydrogens is 374 g/mol. The number of anilines is 1. The number of benzene rings is 2.